The number of aromatic nitrogens is 2. The van der Waals surface area contributed by atoms with Gasteiger partial charge in [0.25, 0.3) is 5.91 Å². The zero-order valence-corrected chi connectivity index (χ0v) is 18.3. The first-order valence-corrected chi connectivity index (χ1v) is 11.2. The summed E-state index contributed by atoms with van der Waals surface area (Å²) in [6, 6.07) is -0.216. The van der Waals surface area contributed by atoms with E-state index < -0.39 is 5.54 Å². The van der Waals surface area contributed by atoms with Crippen molar-refractivity contribution in [2.45, 2.75) is 64.5 Å². The molecule has 4 amide bonds. The molecule has 8 nitrogen and oxygen atoms in total. The second-order valence-corrected chi connectivity index (χ2v) is 9.61. The number of aryl methyl sites for hydroxylation is 1. The minimum Gasteiger partial charge on any atom is -0.342 e. The first kappa shape index (κ1) is 20.9. The highest BCUT2D eigenvalue weighted by atomic mass is 16.2. The molecule has 1 aliphatic carbocycles. The van der Waals surface area contributed by atoms with Gasteiger partial charge in [-0.3, -0.25) is 19.2 Å². The van der Waals surface area contributed by atoms with E-state index in [0.29, 0.717) is 44.8 Å². The van der Waals surface area contributed by atoms with Crippen LogP contribution in [0.15, 0.2) is 12.4 Å². The van der Waals surface area contributed by atoms with Crippen LogP contribution in [0.2, 0.25) is 0 Å². The van der Waals surface area contributed by atoms with Gasteiger partial charge in [-0.05, 0) is 37.5 Å². The molecule has 1 saturated carbocycles. The van der Waals surface area contributed by atoms with E-state index in [2.05, 4.69) is 18.9 Å². The second kappa shape index (κ2) is 8.04. The molecule has 3 fully saturated rings. The van der Waals surface area contributed by atoms with Crippen molar-refractivity contribution in [3.05, 3.63) is 18.0 Å². The molecule has 0 unspecified atom stereocenters. The number of likely N-dealkylation sites (tertiary alicyclic amines) is 1. The average molecular weight is 416 g/mol. The van der Waals surface area contributed by atoms with Gasteiger partial charge in [0.15, 0.2) is 0 Å². The van der Waals surface area contributed by atoms with Crippen LogP contribution in [-0.2, 0) is 23.2 Å². The van der Waals surface area contributed by atoms with Crippen LogP contribution < -0.4 is 0 Å². The lowest BCUT2D eigenvalue weighted by molar-refractivity contribution is -0.142. The lowest BCUT2D eigenvalue weighted by atomic mass is 9.81. The Morgan fingerprint density at radius 2 is 1.93 bits per heavy atom. The normalized spacial score (nSPS) is 21.8. The van der Waals surface area contributed by atoms with Crippen molar-refractivity contribution in [1.29, 1.82) is 0 Å². The Kier molecular flexibility index (Phi) is 5.59. The molecule has 0 bridgehead atoms. The number of imide groups is 1. The quantitative estimate of drug-likeness (QED) is 0.669. The SMILES string of the molecule is CC(C)CN1C(=O)N(Cc2cnn(C)c2)C(=O)C12CCN(C(=O)CC1CCC1)CC2. The van der Waals surface area contributed by atoms with Gasteiger partial charge in [0, 0.05) is 44.9 Å². The molecular formula is C22H33N5O3. The molecule has 1 aromatic heterocycles. The molecule has 164 valence electrons. The van der Waals surface area contributed by atoms with Crippen LogP contribution in [0.5, 0.6) is 0 Å². The predicted molar refractivity (Wildman–Crippen MR) is 111 cm³/mol. The van der Waals surface area contributed by atoms with Gasteiger partial charge in [0.1, 0.15) is 5.54 Å². The van der Waals surface area contributed by atoms with E-state index in [1.54, 1.807) is 15.8 Å². The molecule has 8 heteroatoms. The van der Waals surface area contributed by atoms with E-state index in [9.17, 15) is 14.4 Å². The monoisotopic (exact) mass is 415 g/mol. The highest BCUT2D eigenvalue weighted by molar-refractivity contribution is 6.07. The molecule has 3 heterocycles. The summed E-state index contributed by atoms with van der Waals surface area (Å²) < 4.78 is 1.67. The molecule has 1 spiro atoms. The van der Waals surface area contributed by atoms with E-state index in [1.165, 1.54) is 11.3 Å². The van der Waals surface area contributed by atoms with Crippen LogP contribution in [0.1, 0.15) is 57.9 Å². The van der Waals surface area contributed by atoms with E-state index in [-0.39, 0.29) is 30.3 Å². The third kappa shape index (κ3) is 3.72. The maximum atomic E-state index is 13.5. The fourth-order valence-electron chi connectivity index (χ4n) is 4.96. The van der Waals surface area contributed by atoms with Crippen molar-refractivity contribution in [2.24, 2.45) is 18.9 Å². The van der Waals surface area contributed by atoms with Gasteiger partial charge in [0.05, 0.1) is 12.7 Å². The number of piperidine rings is 1. The summed E-state index contributed by atoms with van der Waals surface area (Å²) in [7, 11) is 1.82. The molecule has 2 aliphatic heterocycles. The van der Waals surface area contributed by atoms with Crippen LogP contribution in [0.4, 0.5) is 4.79 Å². The van der Waals surface area contributed by atoms with Gasteiger partial charge >= 0.3 is 6.03 Å². The minimum atomic E-state index is -0.823. The van der Waals surface area contributed by atoms with Gasteiger partial charge in [-0.15, -0.1) is 0 Å². The van der Waals surface area contributed by atoms with Crippen molar-refractivity contribution in [3.8, 4) is 0 Å². The van der Waals surface area contributed by atoms with Gasteiger partial charge in [-0.2, -0.15) is 5.10 Å². The first-order chi connectivity index (χ1) is 14.3. The van der Waals surface area contributed by atoms with Crippen LogP contribution >= 0.6 is 0 Å². The van der Waals surface area contributed by atoms with E-state index >= 15 is 0 Å². The molecule has 30 heavy (non-hydrogen) atoms. The summed E-state index contributed by atoms with van der Waals surface area (Å²) in [4.78, 5) is 44.5. The fourth-order valence-corrected chi connectivity index (χ4v) is 4.96. The Balaban J connectivity index is 1.50. The summed E-state index contributed by atoms with van der Waals surface area (Å²) in [6.45, 7) is 6.00. The highest BCUT2D eigenvalue weighted by Gasteiger charge is 2.58. The van der Waals surface area contributed by atoms with Crippen molar-refractivity contribution >= 4 is 17.8 Å². The number of nitrogens with zero attached hydrogens (tertiary/aromatic N) is 5. The van der Waals surface area contributed by atoms with Crippen molar-refractivity contribution < 1.29 is 14.4 Å². The van der Waals surface area contributed by atoms with Gasteiger partial charge < -0.3 is 9.80 Å². The molecule has 4 rings (SSSR count). The summed E-state index contributed by atoms with van der Waals surface area (Å²) in [5.41, 5.74) is 0.0189. The molecule has 0 aromatic carbocycles. The van der Waals surface area contributed by atoms with Crippen LogP contribution in [0.3, 0.4) is 0 Å². The maximum absolute atomic E-state index is 13.5. The lowest BCUT2D eigenvalue weighted by Crippen LogP contribution is -2.58. The summed E-state index contributed by atoms with van der Waals surface area (Å²) in [5.74, 6) is 0.878. The topological polar surface area (TPSA) is 78.8 Å². The average Bonchev–Trinajstić information content (AvgIpc) is 3.16. The predicted octanol–water partition coefficient (Wildman–Crippen LogP) is 2.39. The Hall–Kier alpha value is -2.38. The molecule has 3 aliphatic rings. The highest BCUT2D eigenvalue weighted by Crippen LogP contribution is 2.39. The Morgan fingerprint density at radius 3 is 2.47 bits per heavy atom. The number of urea groups is 1. The third-order valence-electron chi connectivity index (χ3n) is 6.90. The molecule has 0 N–H and O–H groups in total. The largest absolute Gasteiger partial charge is 0.342 e. The van der Waals surface area contributed by atoms with E-state index in [4.69, 9.17) is 0 Å². The number of carbonyl (C=O) groups is 3. The summed E-state index contributed by atoms with van der Waals surface area (Å²) in [5, 5.41) is 4.15. The lowest BCUT2D eigenvalue weighted by Gasteiger charge is -2.43. The van der Waals surface area contributed by atoms with Crippen molar-refractivity contribution in [3.63, 3.8) is 0 Å². The zero-order chi connectivity index (χ0) is 21.5. The van der Waals surface area contributed by atoms with Gasteiger partial charge in [-0.25, -0.2) is 4.79 Å². The van der Waals surface area contributed by atoms with Crippen LogP contribution in [0.25, 0.3) is 0 Å². The Labute approximate surface area is 178 Å². The van der Waals surface area contributed by atoms with Crippen LogP contribution in [0, 0.1) is 11.8 Å². The van der Waals surface area contributed by atoms with E-state index in [0.717, 1.165) is 18.4 Å². The van der Waals surface area contributed by atoms with Gasteiger partial charge in [0.2, 0.25) is 5.91 Å². The summed E-state index contributed by atoms with van der Waals surface area (Å²) >= 11 is 0. The minimum absolute atomic E-state index is 0.122. The van der Waals surface area contributed by atoms with E-state index in [1.807, 2.05) is 18.1 Å². The number of rotatable bonds is 6. The number of amides is 4. The van der Waals surface area contributed by atoms with Crippen molar-refractivity contribution in [2.75, 3.05) is 19.6 Å². The van der Waals surface area contributed by atoms with Crippen LogP contribution in [-0.4, -0.2) is 67.5 Å². The maximum Gasteiger partial charge on any atom is 0.328 e. The Morgan fingerprint density at radius 1 is 1.23 bits per heavy atom. The standard InChI is InChI=1S/C22H33N5O3/c1-16(2)13-27-21(30)26(15-18-12-23-24(3)14-18)20(29)22(27)7-9-25(10-8-22)19(28)11-17-5-4-6-17/h12,14,16-17H,4-11,13,15H2,1-3H3. The number of carbonyl (C=O) groups excluding carboxylic acids is 3. The number of hydrogen-bond acceptors (Lipinski definition) is 4. The second-order valence-electron chi connectivity index (χ2n) is 9.61. The molecular weight excluding hydrogens is 382 g/mol. The Bertz CT molecular complexity index is 820. The third-order valence-corrected chi connectivity index (χ3v) is 6.90. The zero-order valence-electron chi connectivity index (χ0n) is 18.3. The first-order valence-electron chi connectivity index (χ1n) is 11.2. The fraction of sp³-hybridized carbons (Fsp3) is 0.727. The molecule has 1 aromatic rings. The number of hydrogen-bond donors (Lipinski definition) is 0. The smallest absolute Gasteiger partial charge is 0.328 e. The van der Waals surface area contributed by atoms with Crippen molar-refractivity contribution in [1.82, 2.24) is 24.5 Å². The molecule has 0 atom stereocenters. The molecule has 2 saturated heterocycles. The molecule has 0 radical (unpaired) electrons. The van der Waals surface area contributed by atoms with Gasteiger partial charge in [-0.1, -0.05) is 20.3 Å². The summed E-state index contributed by atoms with van der Waals surface area (Å²) in [6.07, 6.45) is 8.73.